The van der Waals surface area contributed by atoms with Gasteiger partial charge in [-0.15, -0.1) is 0 Å². The predicted molar refractivity (Wildman–Crippen MR) is 96.0 cm³/mol. The number of nitriles is 1. The van der Waals surface area contributed by atoms with Crippen molar-refractivity contribution in [2.24, 2.45) is 0 Å². The second-order valence-corrected chi connectivity index (χ2v) is 5.75. The third kappa shape index (κ3) is 3.07. The van der Waals surface area contributed by atoms with Crippen LogP contribution in [0, 0.1) is 17.1 Å². The topological polar surface area (TPSA) is 23.8 Å². The van der Waals surface area contributed by atoms with Crippen LogP contribution >= 0.6 is 0 Å². The Kier molecular flexibility index (Phi) is 4.72. The number of hydrogen-bond acceptors (Lipinski definition) is 1. The summed E-state index contributed by atoms with van der Waals surface area (Å²) in [5.74, 6) is -0.257. The van der Waals surface area contributed by atoms with Gasteiger partial charge in [0, 0.05) is 0 Å². The van der Waals surface area contributed by atoms with Gasteiger partial charge in [-0.3, -0.25) is 0 Å². The van der Waals surface area contributed by atoms with Crippen LogP contribution in [0.25, 0.3) is 22.3 Å². The van der Waals surface area contributed by atoms with E-state index in [4.69, 9.17) is 0 Å². The number of benzene rings is 3. The Hall–Kier alpha value is -2.92. The van der Waals surface area contributed by atoms with Crippen molar-refractivity contribution < 1.29 is 4.39 Å². The lowest BCUT2D eigenvalue weighted by Gasteiger charge is -2.17. The lowest BCUT2D eigenvalue weighted by atomic mass is 9.86. The minimum Gasteiger partial charge on any atom is -0.207 e. The Morgan fingerprint density at radius 1 is 0.917 bits per heavy atom. The summed E-state index contributed by atoms with van der Waals surface area (Å²) in [4.78, 5) is 0. The highest BCUT2D eigenvalue weighted by Crippen LogP contribution is 2.37. The monoisotopic (exact) mass is 315 g/mol. The molecule has 0 amide bonds. The molecule has 3 rings (SSSR count). The molecule has 0 aromatic heterocycles. The molecular formula is C22H18FN. The molecule has 0 heterocycles. The average Bonchev–Trinajstić information content (AvgIpc) is 2.62. The normalized spacial score (nSPS) is 10.4. The summed E-state index contributed by atoms with van der Waals surface area (Å²) in [6.07, 6.45) is 1.76. The van der Waals surface area contributed by atoms with Crippen LogP contribution in [0.3, 0.4) is 0 Å². The van der Waals surface area contributed by atoms with Crippen LogP contribution in [0.5, 0.6) is 0 Å². The molecule has 0 saturated carbocycles. The SMILES string of the molecule is CCCc1c(C#N)ccc(-c2cccc(F)c2)c1-c1ccccc1. The molecule has 0 saturated heterocycles. The Balaban J connectivity index is 2.34. The fourth-order valence-corrected chi connectivity index (χ4v) is 3.09. The lowest BCUT2D eigenvalue weighted by molar-refractivity contribution is 0.628. The van der Waals surface area contributed by atoms with Gasteiger partial charge >= 0.3 is 0 Å². The van der Waals surface area contributed by atoms with E-state index in [2.05, 4.69) is 13.0 Å². The quantitative estimate of drug-likeness (QED) is 0.580. The lowest BCUT2D eigenvalue weighted by Crippen LogP contribution is -1.98. The molecule has 3 aromatic rings. The van der Waals surface area contributed by atoms with E-state index >= 15 is 0 Å². The Morgan fingerprint density at radius 3 is 2.33 bits per heavy atom. The molecule has 0 fully saturated rings. The van der Waals surface area contributed by atoms with Crippen molar-refractivity contribution in [3.05, 3.63) is 83.7 Å². The summed E-state index contributed by atoms with van der Waals surface area (Å²) in [5.41, 5.74) is 5.60. The molecule has 0 N–H and O–H groups in total. The molecule has 0 aliphatic heterocycles. The van der Waals surface area contributed by atoms with E-state index in [0.717, 1.165) is 40.7 Å². The minimum absolute atomic E-state index is 0.257. The summed E-state index contributed by atoms with van der Waals surface area (Å²) in [6.45, 7) is 2.10. The number of rotatable bonds is 4. The third-order valence-corrected chi connectivity index (χ3v) is 4.13. The standard InChI is InChI=1S/C22H18FN/c1-2-7-20-18(15-24)12-13-21(17-10-6-11-19(23)14-17)22(20)16-8-4-3-5-9-16/h3-6,8-14H,2,7H2,1H3. The van der Waals surface area contributed by atoms with E-state index in [-0.39, 0.29) is 5.82 Å². The van der Waals surface area contributed by atoms with Crippen LogP contribution < -0.4 is 0 Å². The van der Waals surface area contributed by atoms with Crippen LogP contribution in [0.4, 0.5) is 4.39 Å². The Bertz CT molecular complexity index is 892. The van der Waals surface area contributed by atoms with E-state index in [9.17, 15) is 9.65 Å². The molecule has 0 atom stereocenters. The summed E-state index contributed by atoms with van der Waals surface area (Å²) in [6, 6.07) is 22.7. The second-order valence-electron chi connectivity index (χ2n) is 5.75. The second kappa shape index (κ2) is 7.10. The molecule has 118 valence electrons. The van der Waals surface area contributed by atoms with E-state index < -0.39 is 0 Å². The first kappa shape index (κ1) is 16.0. The predicted octanol–water partition coefficient (Wildman–Crippen LogP) is 5.98. The zero-order valence-electron chi connectivity index (χ0n) is 13.6. The minimum atomic E-state index is -0.257. The van der Waals surface area contributed by atoms with Gasteiger partial charge in [0.2, 0.25) is 0 Å². The summed E-state index contributed by atoms with van der Waals surface area (Å²) in [5, 5.41) is 9.51. The molecule has 0 bridgehead atoms. The average molecular weight is 315 g/mol. The van der Waals surface area contributed by atoms with Crippen molar-refractivity contribution in [2.45, 2.75) is 19.8 Å². The van der Waals surface area contributed by atoms with Crippen molar-refractivity contribution in [2.75, 3.05) is 0 Å². The van der Waals surface area contributed by atoms with Gasteiger partial charge in [0.15, 0.2) is 0 Å². The molecule has 2 heteroatoms. The molecule has 3 aromatic carbocycles. The molecule has 0 aliphatic carbocycles. The smallest absolute Gasteiger partial charge is 0.123 e. The summed E-state index contributed by atoms with van der Waals surface area (Å²) < 4.78 is 13.7. The van der Waals surface area contributed by atoms with Gasteiger partial charge in [0.05, 0.1) is 11.6 Å². The van der Waals surface area contributed by atoms with Gasteiger partial charge in [0.1, 0.15) is 5.82 Å². The number of hydrogen-bond donors (Lipinski definition) is 0. The summed E-state index contributed by atoms with van der Waals surface area (Å²) >= 11 is 0. The van der Waals surface area contributed by atoms with Crippen molar-refractivity contribution in [3.63, 3.8) is 0 Å². The summed E-state index contributed by atoms with van der Waals surface area (Å²) in [7, 11) is 0. The fraction of sp³-hybridized carbons (Fsp3) is 0.136. The molecule has 0 spiro atoms. The van der Waals surface area contributed by atoms with Crippen molar-refractivity contribution in [3.8, 4) is 28.3 Å². The van der Waals surface area contributed by atoms with Gasteiger partial charge in [0.25, 0.3) is 0 Å². The highest BCUT2D eigenvalue weighted by Gasteiger charge is 2.16. The van der Waals surface area contributed by atoms with Gasteiger partial charge in [-0.2, -0.15) is 5.26 Å². The van der Waals surface area contributed by atoms with Crippen LogP contribution in [-0.4, -0.2) is 0 Å². The van der Waals surface area contributed by atoms with Gasteiger partial charge in [-0.05, 0) is 52.4 Å². The Labute approximate surface area is 142 Å². The van der Waals surface area contributed by atoms with Gasteiger partial charge < -0.3 is 0 Å². The van der Waals surface area contributed by atoms with Crippen molar-refractivity contribution >= 4 is 0 Å². The number of halogens is 1. The molecule has 0 unspecified atom stereocenters. The largest absolute Gasteiger partial charge is 0.207 e. The van der Waals surface area contributed by atoms with E-state index in [1.54, 1.807) is 12.1 Å². The third-order valence-electron chi connectivity index (χ3n) is 4.13. The van der Waals surface area contributed by atoms with Crippen LogP contribution in [0.1, 0.15) is 24.5 Å². The highest BCUT2D eigenvalue weighted by molar-refractivity contribution is 5.87. The van der Waals surface area contributed by atoms with Crippen LogP contribution in [-0.2, 0) is 6.42 Å². The van der Waals surface area contributed by atoms with Crippen LogP contribution in [0.15, 0.2) is 66.7 Å². The molecule has 24 heavy (non-hydrogen) atoms. The maximum Gasteiger partial charge on any atom is 0.123 e. The van der Waals surface area contributed by atoms with E-state index in [0.29, 0.717) is 5.56 Å². The first-order chi connectivity index (χ1) is 11.7. The van der Waals surface area contributed by atoms with Gasteiger partial charge in [-0.1, -0.05) is 61.9 Å². The maximum absolute atomic E-state index is 13.7. The van der Waals surface area contributed by atoms with Crippen molar-refractivity contribution in [1.29, 1.82) is 5.26 Å². The maximum atomic E-state index is 13.7. The molecular weight excluding hydrogens is 297 g/mol. The highest BCUT2D eigenvalue weighted by atomic mass is 19.1. The van der Waals surface area contributed by atoms with E-state index in [1.807, 2.05) is 48.5 Å². The Morgan fingerprint density at radius 2 is 1.67 bits per heavy atom. The zero-order valence-corrected chi connectivity index (χ0v) is 13.6. The zero-order chi connectivity index (χ0) is 16.9. The van der Waals surface area contributed by atoms with Gasteiger partial charge in [-0.25, -0.2) is 4.39 Å². The van der Waals surface area contributed by atoms with Crippen molar-refractivity contribution in [1.82, 2.24) is 0 Å². The van der Waals surface area contributed by atoms with E-state index in [1.165, 1.54) is 6.07 Å². The first-order valence-electron chi connectivity index (χ1n) is 8.12. The molecule has 0 aliphatic rings. The molecule has 1 nitrogen and oxygen atoms in total. The number of nitrogens with zero attached hydrogens (tertiary/aromatic N) is 1. The molecule has 0 radical (unpaired) electrons. The fourth-order valence-electron chi connectivity index (χ4n) is 3.09. The van der Waals surface area contributed by atoms with Crippen LogP contribution in [0.2, 0.25) is 0 Å². The first-order valence-corrected chi connectivity index (χ1v) is 8.12.